The van der Waals surface area contributed by atoms with Gasteiger partial charge in [-0.1, -0.05) is 65.8 Å². The number of rotatable bonds is 17. The zero-order valence-electron chi connectivity index (χ0n) is 32.6. The molecule has 0 radical (unpaired) electrons. The van der Waals surface area contributed by atoms with Crippen molar-refractivity contribution in [1.82, 2.24) is 0 Å². The van der Waals surface area contributed by atoms with Crippen LogP contribution < -0.4 is 0 Å². The number of carbonyl (C=O) groups is 5. The Morgan fingerprint density at radius 3 is 1.93 bits per heavy atom. The highest BCUT2D eigenvalue weighted by molar-refractivity contribution is 5.81. The molecule has 4 rings (SSSR count). The number of hydrogen-bond donors (Lipinski definition) is 1. The molecule has 0 spiro atoms. The molecule has 0 bridgehead atoms. The normalized spacial score (nSPS) is 27.3. The summed E-state index contributed by atoms with van der Waals surface area (Å²) in [5.41, 5.74) is 10.1. The van der Waals surface area contributed by atoms with E-state index >= 15 is 0 Å². The lowest BCUT2D eigenvalue weighted by atomic mass is 9.94. The summed E-state index contributed by atoms with van der Waals surface area (Å²) in [5.74, 6) is -3.57. The van der Waals surface area contributed by atoms with E-state index in [-0.39, 0.29) is 31.8 Å². The monoisotopic (exact) mass is 799 g/mol. The SMILES string of the molecule is COC(=O)[C@@H]1OC(O)[C@H](OC(=O)C(C)(C)C)[C@@H](OCc2ccccc2)[C@@H]1O[C@H]1O[C@H](COC(C)=O)[C@@H](OC(=O)CCC(C)=O)[C@H](OCc2ccccc2)[C@H]1N=[N+]=[N-]. The molecule has 0 aliphatic carbocycles. The van der Waals surface area contributed by atoms with E-state index in [0.717, 1.165) is 14.0 Å². The molecule has 0 amide bonds. The van der Waals surface area contributed by atoms with Gasteiger partial charge in [-0.05, 0) is 44.4 Å². The van der Waals surface area contributed by atoms with Crippen LogP contribution in [0.2, 0.25) is 0 Å². The van der Waals surface area contributed by atoms with Crippen molar-refractivity contribution in [2.75, 3.05) is 13.7 Å². The van der Waals surface area contributed by atoms with E-state index in [2.05, 4.69) is 10.0 Å². The van der Waals surface area contributed by atoms with Gasteiger partial charge in [0.2, 0.25) is 0 Å². The number of ketones is 1. The quantitative estimate of drug-likeness (QED) is 0.0790. The van der Waals surface area contributed by atoms with Crippen molar-refractivity contribution in [3.8, 4) is 0 Å². The Morgan fingerprint density at radius 1 is 0.807 bits per heavy atom. The van der Waals surface area contributed by atoms with Gasteiger partial charge >= 0.3 is 23.9 Å². The molecule has 2 aromatic rings. The molecule has 18 nitrogen and oxygen atoms in total. The summed E-state index contributed by atoms with van der Waals surface area (Å²) in [6, 6.07) is 16.2. The largest absolute Gasteiger partial charge is 0.467 e. The van der Waals surface area contributed by atoms with Crippen LogP contribution in [0.5, 0.6) is 0 Å². The maximum Gasteiger partial charge on any atom is 0.337 e. The van der Waals surface area contributed by atoms with Crippen LogP contribution >= 0.6 is 0 Å². The van der Waals surface area contributed by atoms with Crippen LogP contribution in [0.3, 0.4) is 0 Å². The first kappa shape index (κ1) is 44.8. The molecule has 18 heteroatoms. The number of Topliss-reactive ketones (excluding diaryl/α,β-unsaturated/α-hetero) is 1. The molecule has 0 aromatic heterocycles. The zero-order chi connectivity index (χ0) is 41.7. The average molecular weight is 800 g/mol. The fraction of sp³-hybridized carbons (Fsp3) is 0.564. The molecule has 2 aliphatic rings. The Balaban J connectivity index is 1.82. The summed E-state index contributed by atoms with van der Waals surface area (Å²) < 4.78 is 52.9. The smallest absolute Gasteiger partial charge is 0.337 e. The minimum atomic E-state index is -1.92. The van der Waals surface area contributed by atoms with Crippen LogP contribution in [0, 0.1) is 5.41 Å². The van der Waals surface area contributed by atoms with Gasteiger partial charge in [-0.25, -0.2) is 4.79 Å². The number of aliphatic hydroxyl groups excluding tert-OH is 1. The number of carbonyl (C=O) groups excluding carboxylic acids is 5. The van der Waals surface area contributed by atoms with Gasteiger partial charge in [-0.2, -0.15) is 0 Å². The molecular formula is C39H49N3O15. The Bertz CT molecular complexity index is 1720. The summed E-state index contributed by atoms with van der Waals surface area (Å²) >= 11 is 0. The van der Waals surface area contributed by atoms with Gasteiger partial charge in [0.15, 0.2) is 30.9 Å². The Morgan fingerprint density at radius 2 is 1.40 bits per heavy atom. The highest BCUT2D eigenvalue weighted by Gasteiger charge is 2.57. The minimum Gasteiger partial charge on any atom is -0.467 e. The number of aliphatic hydroxyl groups is 1. The second-order valence-corrected chi connectivity index (χ2v) is 14.4. The maximum atomic E-state index is 13.3. The van der Waals surface area contributed by atoms with Crippen molar-refractivity contribution in [3.63, 3.8) is 0 Å². The van der Waals surface area contributed by atoms with Gasteiger partial charge in [0.25, 0.3) is 0 Å². The molecule has 0 saturated carbocycles. The number of esters is 4. The van der Waals surface area contributed by atoms with Gasteiger partial charge in [0.05, 0.1) is 32.2 Å². The summed E-state index contributed by atoms with van der Waals surface area (Å²) in [4.78, 5) is 66.4. The van der Waals surface area contributed by atoms with Crippen molar-refractivity contribution in [1.29, 1.82) is 0 Å². The molecule has 2 saturated heterocycles. The van der Waals surface area contributed by atoms with Crippen molar-refractivity contribution in [3.05, 3.63) is 82.2 Å². The molecule has 10 atom stereocenters. The highest BCUT2D eigenvalue weighted by atomic mass is 16.7. The lowest BCUT2D eigenvalue weighted by molar-refractivity contribution is -0.343. The summed E-state index contributed by atoms with van der Waals surface area (Å²) in [6.07, 6.45) is -14.6. The second-order valence-electron chi connectivity index (χ2n) is 14.4. The number of nitrogens with zero attached hydrogens (tertiary/aromatic N) is 3. The average Bonchev–Trinajstić information content (AvgIpc) is 3.17. The van der Waals surface area contributed by atoms with Gasteiger partial charge in [0.1, 0.15) is 42.8 Å². The van der Waals surface area contributed by atoms with Crippen LogP contribution in [0.25, 0.3) is 10.4 Å². The molecule has 1 unspecified atom stereocenters. The first-order valence-corrected chi connectivity index (χ1v) is 18.2. The van der Waals surface area contributed by atoms with E-state index in [1.54, 1.807) is 81.4 Å². The van der Waals surface area contributed by atoms with E-state index in [1.807, 2.05) is 0 Å². The topological polar surface area (TPSA) is 237 Å². The fourth-order valence-electron chi connectivity index (χ4n) is 5.93. The van der Waals surface area contributed by atoms with Crippen LogP contribution in [-0.4, -0.2) is 110 Å². The lowest BCUT2D eigenvalue weighted by Gasteiger charge is -2.48. The molecular weight excluding hydrogens is 750 g/mol. The van der Waals surface area contributed by atoms with Gasteiger partial charge in [-0.15, -0.1) is 0 Å². The van der Waals surface area contributed by atoms with Crippen LogP contribution in [-0.2, 0) is 79.8 Å². The van der Waals surface area contributed by atoms with Crippen LogP contribution in [0.4, 0.5) is 0 Å². The van der Waals surface area contributed by atoms with Crippen molar-refractivity contribution < 1.29 is 71.7 Å². The van der Waals surface area contributed by atoms with Crippen molar-refractivity contribution in [2.45, 2.75) is 122 Å². The molecule has 2 heterocycles. The van der Waals surface area contributed by atoms with Crippen molar-refractivity contribution in [2.24, 2.45) is 10.5 Å². The number of hydrogen-bond acceptors (Lipinski definition) is 16. The molecule has 1 N–H and O–H groups in total. The second kappa shape index (κ2) is 21.0. The third-order valence-electron chi connectivity index (χ3n) is 8.86. The number of azide groups is 1. The number of benzene rings is 2. The van der Waals surface area contributed by atoms with Gasteiger partial charge in [-0.3, -0.25) is 14.4 Å². The Labute approximate surface area is 329 Å². The summed E-state index contributed by atoms with van der Waals surface area (Å²) in [7, 11) is 1.08. The Kier molecular flexibility index (Phi) is 16.5. The van der Waals surface area contributed by atoms with Gasteiger partial charge in [0, 0.05) is 18.3 Å². The fourth-order valence-corrected chi connectivity index (χ4v) is 5.93. The first-order chi connectivity index (χ1) is 27.1. The summed E-state index contributed by atoms with van der Waals surface area (Å²) in [6.45, 7) is 6.50. The third kappa shape index (κ3) is 12.8. The Hall–Kier alpha value is -4.94. The highest BCUT2D eigenvalue weighted by Crippen LogP contribution is 2.36. The molecule has 2 fully saturated rings. The van der Waals surface area contributed by atoms with E-state index in [0.29, 0.717) is 11.1 Å². The van der Waals surface area contributed by atoms with E-state index < -0.39 is 97.2 Å². The third-order valence-corrected chi connectivity index (χ3v) is 8.86. The molecule has 2 aliphatic heterocycles. The molecule has 2 aromatic carbocycles. The number of methoxy groups -OCH3 is 1. The predicted molar refractivity (Wildman–Crippen MR) is 195 cm³/mol. The van der Waals surface area contributed by atoms with Crippen molar-refractivity contribution >= 4 is 29.7 Å². The molecule has 310 valence electrons. The van der Waals surface area contributed by atoms with Gasteiger partial charge < -0.3 is 52.5 Å². The minimum absolute atomic E-state index is 0.103. The van der Waals surface area contributed by atoms with E-state index in [4.69, 9.17) is 42.6 Å². The van der Waals surface area contributed by atoms with E-state index in [9.17, 15) is 34.6 Å². The maximum absolute atomic E-state index is 13.3. The van der Waals surface area contributed by atoms with Crippen LogP contribution in [0.15, 0.2) is 65.8 Å². The summed E-state index contributed by atoms with van der Waals surface area (Å²) in [5, 5.41) is 15.2. The molecule has 57 heavy (non-hydrogen) atoms. The zero-order valence-corrected chi connectivity index (χ0v) is 32.6. The predicted octanol–water partition coefficient (Wildman–Crippen LogP) is 3.64. The lowest BCUT2D eigenvalue weighted by Crippen LogP contribution is -2.66. The standard InChI is InChI=1S/C39H49N3O15/c1-22(43)17-18-27(45)54-29-26(21-50-23(2)44)53-37(28(41-42-40)30(29)51-19-24-13-9-7-10-14-24)56-32-31(52-20-25-15-11-8-12-16-25)33(57-38(48)39(3,4)5)36(47)55-34(32)35(46)49-6/h7-16,26,28-34,36-37,47H,17-21H2,1-6H3/t26-,28-,29-,30-,31+,32+,33-,34-,36?,37-/m1/s1. The first-order valence-electron chi connectivity index (χ1n) is 18.2. The van der Waals surface area contributed by atoms with Crippen LogP contribution in [0.1, 0.15) is 58.6 Å². The number of ether oxygens (including phenoxy) is 9. The van der Waals surface area contributed by atoms with E-state index in [1.165, 1.54) is 6.92 Å².